The van der Waals surface area contributed by atoms with Gasteiger partial charge in [0.15, 0.2) is 0 Å². The highest BCUT2D eigenvalue weighted by Gasteiger charge is 2.36. The van der Waals surface area contributed by atoms with Gasteiger partial charge < -0.3 is 15.0 Å². The maximum absolute atomic E-state index is 12.5. The van der Waals surface area contributed by atoms with Gasteiger partial charge in [-0.15, -0.1) is 0 Å². The van der Waals surface area contributed by atoms with Crippen molar-refractivity contribution >= 4 is 11.8 Å². The van der Waals surface area contributed by atoms with Crippen molar-refractivity contribution in [2.24, 2.45) is 0 Å². The molecule has 2 rings (SSSR count). The Kier molecular flexibility index (Phi) is 4.80. The highest BCUT2D eigenvalue weighted by molar-refractivity contribution is 5.90. The average Bonchev–Trinajstić information content (AvgIpc) is 2.82. The topological polar surface area (TPSA) is 58.6 Å². The molecule has 3 unspecified atom stereocenters. The fraction of sp³-hybridized carbons (Fsp3) is 0.857. The van der Waals surface area contributed by atoms with Gasteiger partial charge in [0.1, 0.15) is 6.04 Å². The van der Waals surface area contributed by atoms with Crippen LogP contribution in [0, 0.1) is 0 Å². The van der Waals surface area contributed by atoms with E-state index in [0.29, 0.717) is 13.0 Å². The first-order chi connectivity index (χ1) is 9.15. The lowest BCUT2D eigenvalue weighted by molar-refractivity contribution is -0.135. The van der Waals surface area contributed by atoms with Gasteiger partial charge in [0.2, 0.25) is 11.8 Å². The molecule has 2 fully saturated rings. The van der Waals surface area contributed by atoms with E-state index in [9.17, 15) is 9.59 Å². The largest absolute Gasteiger partial charge is 0.381 e. The molecule has 5 heteroatoms. The average molecular weight is 268 g/mol. The summed E-state index contributed by atoms with van der Waals surface area (Å²) >= 11 is 0. The zero-order valence-corrected chi connectivity index (χ0v) is 11.9. The zero-order valence-electron chi connectivity index (χ0n) is 11.9. The van der Waals surface area contributed by atoms with E-state index in [-0.39, 0.29) is 30.0 Å². The summed E-state index contributed by atoms with van der Waals surface area (Å²) in [4.78, 5) is 26.1. The first kappa shape index (κ1) is 14.3. The molecular weight excluding hydrogens is 244 g/mol. The summed E-state index contributed by atoms with van der Waals surface area (Å²) < 4.78 is 5.37. The lowest BCUT2D eigenvalue weighted by Gasteiger charge is -2.29. The SMILES string of the molecule is CCCC1NC(=O)CCN(C2CCC(OC)C2)C1=O. The van der Waals surface area contributed by atoms with Gasteiger partial charge in [0, 0.05) is 26.1 Å². The molecule has 108 valence electrons. The molecule has 1 heterocycles. The monoisotopic (exact) mass is 268 g/mol. The van der Waals surface area contributed by atoms with Crippen LogP contribution in [0.3, 0.4) is 0 Å². The predicted molar refractivity (Wildman–Crippen MR) is 71.6 cm³/mol. The van der Waals surface area contributed by atoms with E-state index in [1.807, 2.05) is 11.8 Å². The Balaban J connectivity index is 2.06. The summed E-state index contributed by atoms with van der Waals surface area (Å²) in [6, 6.07) is -0.0916. The van der Waals surface area contributed by atoms with Gasteiger partial charge in [0.25, 0.3) is 0 Å². The molecule has 19 heavy (non-hydrogen) atoms. The molecule has 1 aliphatic carbocycles. The minimum atomic E-state index is -0.332. The molecule has 1 N–H and O–H groups in total. The molecule has 1 aliphatic heterocycles. The number of carbonyl (C=O) groups excluding carboxylic acids is 2. The fourth-order valence-corrected chi connectivity index (χ4v) is 3.12. The molecule has 0 spiro atoms. The Bertz CT molecular complexity index is 346. The lowest BCUT2D eigenvalue weighted by atomic mass is 10.1. The molecule has 0 aromatic carbocycles. The molecule has 0 aromatic rings. The molecule has 0 radical (unpaired) electrons. The predicted octanol–water partition coefficient (Wildman–Crippen LogP) is 1.07. The van der Waals surface area contributed by atoms with E-state index >= 15 is 0 Å². The molecule has 2 aliphatic rings. The Hall–Kier alpha value is -1.10. The van der Waals surface area contributed by atoms with Gasteiger partial charge in [-0.2, -0.15) is 0 Å². The Morgan fingerprint density at radius 1 is 1.37 bits per heavy atom. The van der Waals surface area contributed by atoms with Crippen LogP contribution in [0.2, 0.25) is 0 Å². The van der Waals surface area contributed by atoms with Crippen molar-refractivity contribution in [3.05, 3.63) is 0 Å². The van der Waals surface area contributed by atoms with Crippen molar-refractivity contribution in [3.8, 4) is 0 Å². The van der Waals surface area contributed by atoms with Gasteiger partial charge >= 0.3 is 0 Å². The van der Waals surface area contributed by atoms with Gasteiger partial charge in [0.05, 0.1) is 6.10 Å². The number of carbonyl (C=O) groups is 2. The third-order valence-electron chi connectivity index (χ3n) is 4.20. The van der Waals surface area contributed by atoms with Crippen LogP contribution in [0.15, 0.2) is 0 Å². The molecule has 1 saturated heterocycles. The van der Waals surface area contributed by atoms with Crippen LogP contribution in [0.25, 0.3) is 0 Å². The van der Waals surface area contributed by atoms with E-state index in [0.717, 1.165) is 32.1 Å². The smallest absolute Gasteiger partial charge is 0.245 e. The van der Waals surface area contributed by atoms with Crippen LogP contribution in [-0.2, 0) is 14.3 Å². The number of rotatable bonds is 4. The van der Waals surface area contributed by atoms with E-state index in [4.69, 9.17) is 4.74 Å². The van der Waals surface area contributed by atoms with E-state index in [1.165, 1.54) is 0 Å². The fourth-order valence-electron chi connectivity index (χ4n) is 3.12. The third-order valence-corrected chi connectivity index (χ3v) is 4.20. The van der Waals surface area contributed by atoms with Crippen LogP contribution in [0.5, 0.6) is 0 Å². The van der Waals surface area contributed by atoms with E-state index in [2.05, 4.69) is 5.32 Å². The Morgan fingerprint density at radius 2 is 2.16 bits per heavy atom. The maximum atomic E-state index is 12.5. The third kappa shape index (κ3) is 3.26. The number of hydrogen-bond donors (Lipinski definition) is 1. The zero-order chi connectivity index (χ0) is 13.8. The molecule has 3 atom stereocenters. The Labute approximate surface area is 114 Å². The molecule has 1 saturated carbocycles. The highest BCUT2D eigenvalue weighted by atomic mass is 16.5. The van der Waals surface area contributed by atoms with Crippen molar-refractivity contribution in [3.63, 3.8) is 0 Å². The normalized spacial score (nSPS) is 32.3. The molecule has 5 nitrogen and oxygen atoms in total. The molecule has 2 amide bonds. The van der Waals surface area contributed by atoms with E-state index < -0.39 is 0 Å². The van der Waals surface area contributed by atoms with Gasteiger partial charge in [-0.25, -0.2) is 0 Å². The number of amides is 2. The summed E-state index contributed by atoms with van der Waals surface area (Å²) in [6.07, 6.45) is 5.18. The summed E-state index contributed by atoms with van der Waals surface area (Å²) in [7, 11) is 1.72. The van der Waals surface area contributed by atoms with Crippen molar-refractivity contribution in [1.82, 2.24) is 10.2 Å². The summed E-state index contributed by atoms with van der Waals surface area (Å²) in [5.74, 6) is 0.0880. The summed E-state index contributed by atoms with van der Waals surface area (Å²) in [6.45, 7) is 2.58. The second-order valence-corrected chi connectivity index (χ2v) is 5.51. The summed E-state index contributed by atoms with van der Waals surface area (Å²) in [5.41, 5.74) is 0. The summed E-state index contributed by atoms with van der Waals surface area (Å²) in [5, 5.41) is 2.85. The van der Waals surface area contributed by atoms with Crippen LogP contribution >= 0.6 is 0 Å². The maximum Gasteiger partial charge on any atom is 0.245 e. The second-order valence-electron chi connectivity index (χ2n) is 5.51. The lowest BCUT2D eigenvalue weighted by Crippen LogP contribution is -2.47. The number of nitrogens with zero attached hydrogens (tertiary/aromatic N) is 1. The van der Waals surface area contributed by atoms with Crippen LogP contribution in [0.1, 0.15) is 45.4 Å². The quantitative estimate of drug-likeness (QED) is 0.829. The van der Waals surface area contributed by atoms with Crippen LogP contribution in [-0.4, -0.2) is 48.6 Å². The first-order valence-electron chi connectivity index (χ1n) is 7.28. The first-order valence-corrected chi connectivity index (χ1v) is 7.28. The van der Waals surface area contributed by atoms with Crippen molar-refractivity contribution < 1.29 is 14.3 Å². The van der Waals surface area contributed by atoms with Gasteiger partial charge in [-0.05, 0) is 25.7 Å². The Morgan fingerprint density at radius 3 is 2.79 bits per heavy atom. The standard InChI is InChI=1S/C14H24N2O3/c1-3-4-12-14(18)16(8-7-13(17)15-12)10-5-6-11(9-10)19-2/h10-12H,3-9H2,1-2H3,(H,15,17). The van der Waals surface area contributed by atoms with Gasteiger partial charge in [-0.1, -0.05) is 13.3 Å². The number of methoxy groups -OCH3 is 1. The second kappa shape index (κ2) is 6.37. The minimum Gasteiger partial charge on any atom is -0.381 e. The van der Waals surface area contributed by atoms with Crippen molar-refractivity contribution in [2.45, 2.75) is 63.6 Å². The highest BCUT2D eigenvalue weighted by Crippen LogP contribution is 2.27. The number of hydrogen-bond acceptors (Lipinski definition) is 3. The molecular formula is C14H24N2O3. The van der Waals surface area contributed by atoms with Gasteiger partial charge in [-0.3, -0.25) is 9.59 Å². The minimum absolute atomic E-state index is 0.00408. The number of nitrogens with one attached hydrogen (secondary N) is 1. The van der Waals surface area contributed by atoms with Crippen molar-refractivity contribution in [1.29, 1.82) is 0 Å². The van der Waals surface area contributed by atoms with E-state index in [1.54, 1.807) is 7.11 Å². The number of ether oxygens (including phenoxy) is 1. The van der Waals surface area contributed by atoms with Crippen LogP contribution < -0.4 is 5.32 Å². The van der Waals surface area contributed by atoms with Crippen LogP contribution in [0.4, 0.5) is 0 Å². The van der Waals surface area contributed by atoms with Crippen molar-refractivity contribution in [2.75, 3.05) is 13.7 Å². The molecule has 0 bridgehead atoms. The molecule has 0 aromatic heterocycles.